The van der Waals surface area contributed by atoms with Crippen LogP contribution in [0.3, 0.4) is 0 Å². The second kappa shape index (κ2) is 10.8. The summed E-state index contributed by atoms with van der Waals surface area (Å²) in [5, 5.41) is 5.49. The van der Waals surface area contributed by atoms with Crippen molar-refractivity contribution in [3.8, 4) is 5.75 Å². The number of nitrogens with one attached hydrogen (secondary N) is 1. The van der Waals surface area contributed by atoms with Crippen LogP contribution in [-0.4, -0.2) is 56.8 Å². The Hall–Kier alpha value is -2.11. The number of amides is 1. The van der Waals surface area contributed by atoms with Gasteiger partial charge < -0.3 is 14.8 Å². The molecule has 2 aromatic rings. The second-order valence-electron chi connectivity index (χ2n) is 8.23. The molecule has 3 rings (SSSR count). The van der Waals surface area contributed by atoms with E-state index < -0.39 is 0 Å². The molecular weight excluding hydrogens is 376 g/mol. The Kier molecular flexibility index (Phi) is 8.11. The number of hydrogen-bond acceptors (Lipinski definition) is 4. The SMILES string of the molecule is CCC(CC)C(CNC(=O)C(C)c1ccc2cc(OC)ccc2c1)N1CCOCC1. The summed E-state index contributed by atoms with van der Waals surface area (Å²) in [6.45, 7) is 10.6. The molecule has 1 amide bonds. The molecule has 164 valence electrons. The predicted molar refractivity (Wildman–Crippen MR) is 122 cm³/mol. The summed E-state index contributed by atoms with van der Waals surface area (Å²) in [5.41, 5.74) is 1.04. The Labute approximate surface area is 180 Å². The lowest BCUT2D eigenvalue weighted by Gasteiger charge is -2.39. The first kappa shape index (κ1) is 22.6. The van der Waals surface area contributed by atoms with E-state index in [-0.39, 0.29) is 11.8 Å². The molecule has 0 radical (unpaired) electrons. The molecule has 1 fully saturated rings. The maximum atomic E-state index is 13.0. The van der Waals surface area contributed by atoms with Gasteiger partial charge in [0.15, 0.2) is 0 Å². The van der Waals surface area contributed by atoms with E-state index in [0.717, 1.165) is 61.2 Å². The van der Waals surface area contributed by atoms with Crippen molar-refractivity contribution in [3.63, 3.8) is 0 Å². The first-order valence-electron chi connectivity index (χ1n) is 11.2. The summed E-state index contributed by atoms with van der Waals surface area (Å²) >= 11 is 0. The Morgan fingerprint density at radius 2 is 1.77 bits per heavy atom. The number of benzene rings is 2. The lowest BCUT2D eigenvalue weighted by molar-refractivity contribution is -0.122. The lowest BCUT2D eigenvalue weighted by Crippen LogP contribution is -2.52. The first-order chi connectivity index (χ1) is 14.6. The van der Waals surface area contributed by atoms with Crippen LogP contribution in [0.5, 0.6) is 5.75 Å². The van der Waals surface area contributed by atoms with Crippen molar-refractivity contribution < 1.29 is 14.3 Å². The molecular formula is C25H36N2O3. The smallest absolute Gasteiger partial charge is 0.227 e. The number of carbonyl (C=O) groups excluding carboxylic acids is 1. The zero-order valence-corrected chi connectivity index (χ0v) is 18.8. The van der Waals surface area contributed by atoms with Crippen molar-refractivity contribution in [1.29, 1.82) is 0 Å². The highest BCUT2D eigenvalue weighted by Gasteiger charge is 2.28. The monoisotopic (exact) mass is 412 g/mol. The van der Waals surface area contributed by atoms with Gasteiger partial charge in [0.1, 0.15) is 5.75 Å². The van der Waals surface area contributed by atoms with Gasteiger partial charge >= 0.3 is 0 Å². The maximum absolute atomic E-state index is 13.0. The molecule has 1 heterocycles. The first-order valence-corrected chi connectivity index (χ1v) is 11.2. The molecule has 5 heteroatoms. The fourth-order valence-corrected chi connectivity index (χ4v) is 4.48. The normalized spacial score (nSPS) is 17.1. The summed E-state index contributed by atoms with van der Waals surface area (Å²) in [4.78, 5) is 15.5. The van der Waals surface area contributed by atoms with Gasteiger partial charge in [0.2, 0.25) is 5.91 Å². The molecule has 30 heavy (non-hydrogen) atoms. The highest BCUT2D eigenvalue weighted by molar-refractivity contribution is 5.88. The number of morpholine rings is 1. The van der Waals surface area contributed by atoms with Crippen LogP contribution in [0.1, 0.15) is 45.1 Å². The quantitative estimate of drug-likeness (QED) is 0.670. The molecule has 1 aliphatic rings. The maximum Gasteiger partial charge on any atom is 0.227 e. The van der Waals surface area contributed by atoms with Crippen molar-refractivity contribution in [2.24, 2.45) is 5.92 Å². The molecule has 5 nitrogen and oxygen atoms in total. The summed E-state index contributed by atoms with van der Waals surface area (Å²) in [5.74, 6) is 1.32. The van der Waals surface area contributed by atoms with Crippen LogP contribution in [0.4, 0.5) is 0 Å². The van der Waals surface area contributed by atoms with Gasteiger partial charge in [-0.3, -0.25) is 9.69 Å². The fourth-order valence-electron chi connectivity index (χ4n) is 4.48. The fraction of sp³-hybridized carbons (Fsp3) is 0.560. The van der Waals surface area contributed by atoms with E-state index in [0.29, 0.717) is 18.5 Å². The number of hydrogen-bond donors (Lipinski definition) is 1. The molecule has 0 aromatic heterocycles. The van der Waals surface area contributed by atoms with Crippen LogP contribution in [-0.2, 0) is 9.53 Å². The van der Waals surface area contributed by atoms with E-state index in [1.807, 2.05) is 31.2 Å². The molecule has 2 atom stereocenters. The average molecular weight is 413 g/mol. The summed E-state index contributed by atoms with van der Waals surface area (Å²) in [6, 6.07) is 12.6. The van der Waals surface area contributed by atoms with Crippen LogP contribution < -0.4 is 10.1 Å². The van der Waals surface area contributed by atoms with Crippen LogP contribution in [0.2, 0.25) is 0 Å². The molecule has 1 saturated heterocycles. The Balaban J connectivity index is 1.67. The highest BCUT2D eigenvalue weighted by atomic mass is 16.5. The Bertz CT molecular complexity index is 828. The summed E-state index contributed by atoms with van der Waals surface area (Å²) in [6.07, 6.45) is 2.25. The van der Waals surface area contributed by atoms with Gasteiger partial charge in [-0.25, -0.2) is 0 Å². The van der Waals surface area contributed by atoms with Crippen LogP contribution >= 0.6 is 0 Å². The molecule has 1 aliphatic heterocycles. The van der Waals surface area contributed by atoms with Gasteiger partial charge in [-0.15, -0.1) is 0 Å². The van der Waals surface area contributed by atoms with Crippen molar-refractivity contribution >= 4 is 16.7 Å². The zero-order valence-electron chi connectivity index (χ0n) is 18.8. The van der Waals surface area contributed by atoms with E-state index in [4.69, 9.17) is 9.47 Å². The largest absolute Gasteiger partial charge is 0.497 e. The number of methoxy groups -OCH3 is 1. The van der Waals surface area contributed by atoms with E-state index in [1.54, 1.807) is 7.11 Å². The third-order valence-corrected chi connectivity index (χ3v) is 6.56. The number of nitrogens with zero attached hydrogens (tertiary/aromatic N) is 1. The average Bonchev–Trinajstić information content (AvgIpc) is 2.80. The van der Waals surface area contributed by atoms with Crippen molar-refractivity contribution in [2.75, 3.05) is 40.0 Å². The Morgan fingerprint density at radius 1 is 1.10 bits per heavy atom. The standard InChI is InChI=1S/C25H36N2O3/c1-5-19(6-2)24(27-11-13-30-14-12-27)17-26-25(28)18(3)20-7-8-22-16-23(29-4)10-9-21(22)15-20/h7-10,15-16,18-19,24H,5-6,11-14,17H2,1-4H3,(H,26,28). The van der Waals surface area contributed by atoms with Gasteiger partial charge in [-0.1, -0.05) is 51.0 Å². The number of fused-ring (bicyclic) bond motifs is 1. The minimum Gasteiger partial charge on any atom is -0.497 e. The van der Waals surface area contributed by atoms with Gasteiger partial charge in [-0.2, -0.15) is 0 Å². The van der Waals surface area contributed by atoms with Crippen LogP contribution in [0, 0.1) is 5.92 Å². The number of ether oxygens (including phenoxy) is 2. The van der Waals surface area contributed by atoms with E-state index in [9.17, 15) is 4.79 Å². The highest BCUT2D eigenvalue weighted by Crippen LogP contribution is 2.26. The Morgan fingerprint density at radius 3 is 2.43 bits per heavy atom. The van der Waals surface area contributed by atoms with E-state index in [1.165, 1.54) is 0 Å². The molecule has 0 bridgehead atoms. The van der Waals surface area contributed by atoms with Crippen LogP contribution in [0.15, 0.2) is 36.4 Å². The van der Waals surface area contributed by atoms with E-state index in [2.05, 4.69) is 36.2 Å². The van der Waals surface area contributed by atoms with Gasteiger partial charge in [0.25, 0.3) is 0 Å². The van der Waals surface area contributed by atoms with Gasteiger partial charge in [0, 0.05) is 25.7 Å². The third-order valence-electron chi connectivity index (χ3n) is 6.56. The van der Waals surface area contributed by atoms with Crippen molar-refractivity contribution in [1.82, 2.24) is 10.2 Å². The zero-order chi connectivity index (χ0) is 21.5. The summed E-state index contributed by atoms with van der Waals surface area (Å²) in [7, 11) is 1.67. The lowest BCUT2D eigenvalue weighted by atomic mass is 9.92. The van der Waals surface area contributed by atoms with Crippen molar-refractivity contribution in [2.45, 2.75) is 45.6 Å². The molecule has 0 aliphatic carbocycles. The topological polar surface area (TPSA) is 50.8 Å². The minimum absolute atomic E-state index is 0.0899. The van der Waals surface area contributed by atoms with Gasteiger partial charge in [0.05, 0.1) is 26.2 Å². The number of rotatable bonds is 9. The molecule has 1 N–H and O–H groups in total. The molecule has 2 unspecified atom stereocenters. The molecule has 0 saturated carbocycles. The van der Waals surface area contributed by atoms with Crippen molar-refractivity contribution in [3.05, 3.63) is 42.0 Å². The summed E-state index contributed by atoms with van der Waals surface area (Å²) < 4.78 is 10.8. The van der Waals surface area contributed by atoms with Crippen LogP contribution in [0.25, 0.3) is 10.8 Å². The molecule has 2 aromatic carbocycles. The third kappa shape index (κ3) is 5.32. The predicted octanol–water partition coefficient (Wildman–Crippen LogP) is 4.21. The number of carbonyl (C=O) groups is 1. The van der Waals surface area contributed by atoms with Gasteiger partial charge in [-0.05, 0) is 41.3 Å². The second-order valence-corrected chi connectivity index (χ2v) is 8.23. The minimum atomic E-state index is -0.191. The van der Waals surface area contributed by atoms with E-state index >= 15 is 0 Å². The molecule has 0 spiro atoms.